The van der Waals surface area contributed by atoms with Gasteiger partial charge in [0, 0.05) is 0 Å². The van der Waals surface area contributed by atoms with E-state index in [0.29, 0.717) is 0 Å². The molecule has 0 amide bonds. The van der Waals surface area contributed by atoms with Gasteiger partial charge in [-0.25, -0.2) is 4.98 Å². The molecule has 3 heteroatoms. The fraction of sp³-hybridized carbons (Fsp3) is 0.0909. The van der Waals surface area contributed by atoms with Crippen LogP contribution in [-0.4, -0.2) is 9.97 Å². The molecule has 1 heterocycles. The van der Waals surface area contributed by atoms with Crippen molar-refractivity contribution in [3.8, 4) is 11.8 Å². The first kappa shape index (κ1) is 8.52. The van der Waals surface area contributed by atoms with Gasteiger partial charge in [0.1, 0.15) is 5.52 Å². The molecule has 2 aromatic rings. The third-order valence-electron chi connectivity index (χ3n) is 1.86. The normalized spacial score (nSPS) is 9.50. The molecule has 14 heavy (non-hydrogen) atoms. The smallest absolute Gasteiger partial charge is 0.266 e. The number of fused-ring (bicyclic) bond motifs is 1. The molecular formula is C11H8N2O. The van der Waals surface area contributed by atoms with Crippen molar-refractivity contribution in [2.75, 3.05) is 0 Å². The summed E-state index contributed by atoms with van der Waals surface area (Å²) >= 11 is 0. The topological polar surface area (TPSA) is 45.8 Å². The van der Waals surface area contributed by atoms with Gasteiger partial charge < -0.3 is 4.98 Å². The second-order valence-electron chi connectivity index (χ2n) is 2.82. The van der Waals surface area contributed by atoms with E-state index < -0.39 is 0 Å². The zero-order valence-electron chi connectivity index (χ0n) is 7.66. The molecule has 0 bridgehead atoms. The first-order valence-electron chi connectivity index (χ1n) is 4.22. The molecule has 0 saturated heterocycles. The van der Waals surface area contributed by atoms with Gasteiger partial charge in [-0.05, 0) is 19.1 Å². The minimum absolute atomic E-state index is 0.195. The van der Waals surface area contributed by atoms with E-state index in [1.807, 2.05) is 18.2 Å². The highest BCUT2D eigenvalue weighted by Gasteiger charge is 1.99. The predicted octanol–water partition coefficient (Wildman–Crippen LogP) is 1.29. The number of nitrogens with zero attached hydrogens (tertiary/aromatic N) is 1. The molecular weight excluding hydrogens is 176 g/mol. The van der Waals surface area contributed by atoms with E-state index in [1.54, 1.807) is 6.92 Å². The van der Waals surface area contributed by atoms with Gasteiger partial charge in [-0.1, -0.05) is 12.0 Å². The van der Waals surface area contributed by atoms with Crippen molar-refractivity contribution >= 4 is 11.0 Å². The molecule has 2 rings (SSSR count). The molecule has 1 aromatic heterocycles. The maximum absolute atomic E-state index is 11.0. The molecule has 0 aliphatic heterocycles. The Balaban J connectivity index is 2.85. The van der Waals surface area contributed by atoms with Gasteiger partial charge in [0.05, 0.1) is 17.3 Å². The maximum Gasteiger partial charge on any atom is 0.266 e. The van der Waals surface area contributed by atoms with Gasteiger partial charge in [-0.2, -0.15) is 0 Å². The molecule has 0 aliphatic rings. The van der Waals surface area contributed by atoms with Crippen LogP contribution in [-0.2, 0) is 0 Å². The van der Waals surface area contributed by atoms with Gasteiger partial charge >= 0.3 is 0 Å². The van der Waals surface area contributed by atoms with Gasteiger partial charge in [0.25, 0.3) is 5.56 Å². The molecule has 0 fully saturated rings. The summed E-state index contributed by atoms with van der Waals surface area (Å²) < 4.78 is 0. The molecule has 1 N–H and O–H groups in total. The van der Waals surface area contributed by atoms with E-state index in [0.717, 1.165) is 16.6 Å². The first-order chi connectivity index (χ1) is 6.81. The monoisotopic (exact) mass is 184 g/mol. The van der Waals surface area contributed by atoms with E-state index in [9.17, 15) is 4.79 Å². The summed E-state index contributed by atoms with van der Waals surface area (Å²) in [6, 6.07) is 5.54. The number of nitrogens with one attached hydrogen (secondary N) is 1. The minimum Gasteiger partial charge on any atom is -0.319 e. The van der Waals surface area contributed by atoms with E-state index in [1.165, 1.54) is 6.20 Å². The Morgan fingerprint density at radius 2 is 2.29 bits per heavy atom. The Morgan fingerprint density at radius 1 is 1.43 bits per heavy atom. The Labute approximate surface area is 80.8 Å². The number of aromatic amines is 1. The van der Waals surface area contributed by atoms with Crippen molar-refractivity contribution in [1.82, 2.24) is 9.97 Å². The summed E-state index contributed by atoms with van der Waals surface area (Å²) in [6.45, 7) is 1.77. The predicted molar refractivity (Wildman–Crippen MR) is 54.9 cm³/mol. The van der Waals surface area contributed by atoms with E-state index in [4.69, 9.17) is 0 Å². The molecule has 3 nitrogen and oxygen atoms in total. The average Bonchev–Trinajstić information content (AvgIpc) is 2.18. The van der Waals surface area contributed by atoms with Crippen LogP contribution in [0.5, 0.6) is 0 Å². The standard InChI is InChI=1S/C11H8N2O/c1-2-4-8-5-3-6-9-11(8)12-7-10(14)13-9/h3,5-7H,1H3,(H,13,14). The highest BCUT2D eigenvalue weighted by atomic mass is 16.1. The molecule has 0 aliphatic carbocycles. The van der Waals surface area contributed by atoms with Crippen LogP contribution in [0.1, 0.15) is 12.5 Å². The molecule has 0 saturated carbocycles. The SMILES string of the molecule is CC#Cc1cccc2[nH]c(=O)cnc12. The van der Waals surface area contributed by atoms with Gasteiger partial charge in [0.15, 0.2) is 0 Å². The summed E-state index contributed by atoms with van der Waals surface area (Å²) in [6.07, 6.45) is 1.27. The lowest BCUT2D eigenvalue weighted by molar-refractivity contribution is 1.21. The highest BCUT2D eigenvalue weighted by molar-refractivity contribution is 5.80. The van der Waals surface area contributed by atoms with Crippen LogP contribution in [0.3, 0.4) is 0 Å². The summed E-state index contributed by atoms with van der Waals surface area (Å²) in [5.41, 5.74) is 2.10. The summed E-state index contributed by atoms with van der Waals surface area (Å²) in [5.74, 6) is 5.74. The Bertz CT molecular complexity index is 587. The van der Waals surface area contributed by atoms with E-state index >= 15 is 0 Å². The minimum atomic E-state index is -0.195. The van der Waals surface area contributed by atoms with E-state index in [2.05, 4.69) is 21.8 Å². The molecule has 0 spiro atoms. The number of hydrogen-bond donors (Lipinski definition) is 1. The van der Waals surface area contributed by atoms with Gasteiger partial charge in [-0.15, -0.1) is 5.92 Å². The number of H-pyrrole nitrogens is 1. The number of aromatic nitrogens is 2. The number of para-hydroxylation sites is 1. The lowest BCUT2D eigenvalue weighted by atomic mass is 10.2. The maximum atomic E-state index is 11.0. The fourth-order valence-corrected chi connectivity index (χ4v) is 1.31. The molecule has 68 valence electrons. The summed E-state index contributed by atoms with van der Waals surface area (Å²) in [7, 11) is 0. The van der Waals surface area contributed by atoms with Crippen LogP contribution in [0.15, 0.2) is 29.2 Å². The van der Waals surface area contributed by atoms with Crippen LogP contribution >= 0.6 is 0 Å². The van der Waals surface area contributed by atoms with Crippen LogP contribution < -0.4 is 5.56 Å². The third kappa shape index (κ3) is 1.38. The molecule has 0 radical (unpaired) electrons. The third-order valence-corrected chi connectivity index (χ3v) is 1.86. The zero-order chi connectivity index (χ0) is 9.97. The van der Waals surface area contributed by atoms with Crippen molar-refractivity contribution in [1.29, 1.82) is 0 Å². The van der Waals surface area contributed by atoms with Crippen molar-refractivity contribution in [3.05, 3.63) is 40.3 Å². The number of rotatable bonds is 0. The second kappa shape index (κ2) is 3.35. The number of benzene rings is 1. The Morgan fingerprint density at radius 3 is 3.07 bits per heavy atom. The van der Waals surface area contributed by atoms with Crippen molar-refractivity contribution in [2.24, 2.45) is 0 Å². The van der Waals surface area contributed by atoms with Crippen LogP contribution in [0, 0.1) is 11.8 Å². The van der Waals surface area contributed by atoms with Gasteiger partial charge in [0.2, 0.25) is 0 Å². The lowest BCUT2D eigenvalue weighted by Crippen LogP contribution is -2.05. The zero-order valence-corrected chi connectivity index (χ0v) is 7.66. The van der Waals surface area contributed by atoms with Crippen molar-refractivity contribution in [3.63, 3.8) is 0 Å². The first-order valence-corrected chi connectivity index (χ1v) is 4.22. The Hall–Kier alpha value is -2.08. The highest BCUT2D eigenvalue weighted by Crippen LogP contribution is 2.10. The average molecular weight is 184 g/mol. The number of hydrogen-bond acceptors (Lipinski definition) is 2. The van der Waals surface area contributed by atoms with E-state index in [-0.39, 0.29) is 5.56 Å². The van der Waals surface area contributed by atoms with Crippen molar-refractivity contribution in [2.45, 2.75) is 6.92 Å². The molecule has 1 aromatic carbocycles. The Kier molecular flexibility index (Phi) is 2.04. The lowest BCUT2D eigenvalue weighted by Gasteiger charge is -1.97. The second-order valence-corrected chi connectivity index (χ2v) is 2.82. The van der Waals surface area contributed by atoms with Crippen molar-refractivity contribution < 1.29 is 0 Å². The summed E-state index contributed by atoms with van der Waals surface area (Å²) in [5, 5.41) is 0. The van der Waals surface area contributed by atoms with Crippen LogP contribution in [0.4, 0.5) is 0 Å². The molecule has 0 atom stereocenters. The van der Waals surface area contributed by atoms with Gasteiger partial charge in [-0.3, -0.25) is 4.79 Å². The van der Waals surface area contributed by atoms with Crippen LogP contribution in [0.2, 0.25) is 0 Å². The van der Waals surface area contributed by atoms with Crippen LogP contribution in [0.25, 0.3) is 11.0 Å². The molecule has 0 unspecified atom stereocenters. The fourth-order valence-electron chi connectivity index (χ4n) is 1.31. The summed E-state index contributed by atoms with van der Waals surface area (Å²) in [4.78, 5) is 17.8. The largest absolute Gasteiger partial charge is 0.319 e. The quantitative estimate of drug-likeness (QED) is 0.627.